The molecule has 1 aromatic carbocycles. The van der Waals surface area contributed by atoms with Gasteiger partial charge in [0, 0.05) is 25.3 Å². The Labute approximate surface area is 190 Å². The number of guanidine groups is 1. The monoisotopic (exact) mass is 512 g/mol. The molecule has 1 heterocycles. The van der Waals surface area contributed by atoms with Crippen LogP contribution in [0.3, 0.4) is 0 Å². The summed E-state index contributed by atoms with van der Waals surface area (Å²) in [4.78, 5) is 8.98. The zero-order valence-electron chi connectivity index (χ0n) is 17.2. The van der Waals surface area contributed by atoms with Gasteiger partial charge in [-0.05, 0) is 43.2 Å². The number of aromatic amines is 1. The molecule has 3 rings (SSSR count). The Balaban J connectivity index is 0.00000300. The van der Waals surface area contributed by atoms with Crippen molar-refractivity contribution in [1.82, 2.24) is 25.8 Å². The number of hydrogen-bond acceptors (Lipinski definition) is 4. The fraction of sp³-hybridized carbons (Fsp3) is 0.571. The van der Waals surface area contributed by atoms with Gasteiger partial charge in [0.05, 0.1) is 6.54 Å². The van der Waals surface area contributed by atoms with Crippen molar-refractivity contribution < 1.29 is 5.11 Å². The topological polar surface area (TPSA) is 98.2 Å². The van der Waals surface area contributed by atoms with Gasteiger partial charge in [-0.3, -0.25) is 5.10 Å². The summed E-state index contributed by atoms with van der Waals surface area (Å²) in [6, 6.07) is 8.18. The molecule has 0 aliphatic heterocycles. The summed E-state index contributed by atoms with van der Waals surface area (Å²) in [5.74, 6) is 1.59. The number of halogens is 1. The Morgan fingerprint density at radius 3 is 2.76 bits per heavy atom. The highest BCUT2D eigenvalue weighted by molar-refractivity contribution is 14.0. The molecule has 0 atom stereocenters. The van der Waals surface area contributed by atoms with Crippen LogP contribution in [-0.2, 0) is 6.54 Å². The lowest BCUT2D eigenvalue weighted by Gasteiger charge is -2.37. The van der Waals surface area contributed by atoms with E-state index in [0.29, 0.717) is 6.54 Å². The minimum atomic E-state index is 0. The number of H-pyrrole nitrogens is 1. The molecule has 29 heavy (non-hydrogen) atoms. The molecule has 0 radical (unpaired) electrons. The van der Waals surface area contributed by atoms with Crippen LogP contribution in [0.25, 0.3) is 11.4 Å². The van der Waals surface area contributed by atoms with E-state index in [4.69, 9.17) is 4.99 Å². The number of aliphatic hydroxyl groups is 1. The number of nitrogens with zero attached hydrogens (tertiary/aromatic N) is 3. The third-order valence-corrected chi connectivity index (χ3v) is 5.57. The second-order valence-corrected chi connectivity index (χ2v) is 7.62. The Morgan fingerprint density at radius 1 is 1.24 bits per heavy atom. The van der Waals surface area contributed by atoms with E-state index in [-0.39, 0.29) is 36.0 Å². The molecule has 2 aromatic rings. The minimum Gasteiger partial charge on any atom is -0.396 e. The summed E-state index contributed by atoms with van der Waals surface area (Å²) in [7, 11) is 0. The Hall–Kier alpha value is -1.68. The molecule has 8 heteroatoms. The van der Waals surface area contributed by atoms with Gasteiger partial charge in [-0.2, -0.15) is 5.10 Å². The largest absolute Gasteiger partial charge is 0.396 e. The highest BCUT2D eigenvalue weighted by Crippen LogP contribution is 2.38. The van der Waals surface area contributed by atoms with Crippen LogP contribution in [-0.4, -0.2) is 45.9 Å². The minimum absolute atomic E-state index is 0. The molecular weight excluding hydrogens is 479 g/mol. The van der Waals surface area contributed by atoms with Crippen LogP contribution in [0.2, 0.25) is 0 Å². The number of aliphatic imine (C=N–C) groups is 1. The summed E-state index contributed by atoms with van der Waals surface area (Å²) >= 11 is 0. The lowest BCUT2D eigenvalue weighted by Crippen LogP contribution is -2.44. The number of benzene rings is 1. The second kappa shape index (κ2) is 12.1. The average molecular weight is 512 g/mol. The first-order valence-corrected chi connectivity index (χ1v) is 10.3. The lowest BCUT2D eigenvalue weighted by molar-refractivity contribution is 0.131. The summed E-state index contributed by atoms with van der Waals surface area (Å²) < 4.78 is 0. The summed E-state index contributed by atoms with van der Waals surface area (Å²) in [6.07, 6.45) is 8.55. The number of hydrogen-bond donors (Lipinski definition) is 4. The smallest absolute Gasteiger partial charge is 0.191 e. The molecule has 1 aromatic heterocycles. The van der Waals surface area contributed by atoms with Gasteiger partial charge in [-0.25, -0.2) is 9.98 Å². The van der Waals surface area contributed by atoms with E-state index in [9.17, 15) is 5.11 Å². The Bertz CT molecular complexity index is 738. The van der Waals surface area contributed by atoms with Crippen molar-refractivity contribution in [2.75, 3.05) is 19.7 Å². The number of rotatable bonds is 8. The van der Waals surface area contributed by atoms with E-state index in [1.165, 1.54) is 38.4 Å². The van der Waals surface area contributed by atoms with Crippen LogP contribution in [0, 0.1) is 5.41 Å². The maximum atomic E-state index is 9.52. The predicted molar refractivity (Wildman–Crippen MR) is 127 cm³/mol. The van der Waals surface area contributed by atoms with Gasteiger partial charge in [-0.15, -0.1) is 24.0 Å². The van der Waals surface area contributed by atoms with Crippen LogP contribution in [0.15, 0.2) is 35.6 Å². The number of nitrogens with one attached hydrogen (secondary N) is 3. The van der Waals surface area contributed by atoms with Crippen LogP contribution in [0.5, 0.6) is 0 Å². The first-order valence-electron chi connectivity index (χ1n) is 10.3. The van der Waals surface area contributed by atoms with Crippen molar-refractivity contribution >= 4 is 29.9 Å². The molecule has 0 saturated heterocycles. The SMILES string of the molecule is CCNC(=NCc1cccc(-c2ncn[nH]2)c1)NCC1(CCO)CCCCC1.I. The van der Waals surface area contributed by atoms with Gasteiger partial charge in [0.15, 0.2) is 11.8 Å². The van der Waals surface area contributed by atoms with Gasteiger partial charge in [0.1, 0.15) is 6.33 Å². The second-order valence-electron chi connectivity index (χ2n) is 7.62. The lowest BCUT2D eigenvalue weighted by atomic mass is 9.72. The van der Waals surface area contributed by atoms with Gasteiger partial charge in [0.2, 0.25) is 0 Å². The zero-order chi connectivity index (χ0) is 19.7. The molecule has 0 amide bonds. The van der Waals surface area contributed by atoms with Crippen LogP contribution in [0.1, 0.15) is 51.0 Å². The molecule has 0 spiro atoms. The maximum absolute atomic E-state index is 9.52. The molecule has 7 nitrogen and oxygen atoms in total. The summed E-state index contributed by atoms with van der Waals surface area (Å²) in [6.45, 7) is 4.59. The highest BCUT2D eigenvalue weighted by atomic mass is 127. The fourth-order valence-electron chi connectivity index (χ4n) is 4.00. The molecule has 4 N–H and O–H groups in total. The molecule has 1 aliphatic carbocycles. The van der Waals surface area contributed by atoms with E-state index < -0.39 is 0 Å². The van der Waals surface area contributed by atoms with E-state index in [1.807, 2.05) is 12.1 Å². The first-order chi connectivity index (χ1) is 13.7. The number of aliphatic hydroxyl groups excluding tert-OH is 1. The molecule has 1 saturated carbocycles. The van der Waals surface area contributed by atoms with E-state index in [0.717, 1.165) is 42.4 Å². The fourth-order valence-corrected chi connectivity index (χ4v) is 4.00. The van der Waals surface area contributed by atoms with Crippen LogP contribution < -0.4 is 10.6 Å². The standard InChI is InChI=1S/C21H32N6O.HI/c1-2-22-20(24-15-21(11-12-28)9-4-3-5-10-21)23-14-17-7-6-8-18(13-17)19-25-16-26-27-19;/h6-8,13,16,28H,2-5,9-12,14-15H2,1H3,(H2,22,23,24)(H,25,26,27);1H. The number of aromatic nitrogens is 3. The van der Waals surface area contributed by atoms with E-state index in [1.54, 1.807) is 0 Å². The van der Waals surface area contributed by atoms with Crippen molar-refractivity contribution in [2.45, 2.75) is 52.0 Å². The molecule has 1 fully saturated rings. The van der Waals surface area contributed by atoms with Crippen molar-refractivity contribution in [2.24, 2.45) is 10.4 Å². The van der Waals surface area contributed by atoms with Crippen LogP contribution in [0.4, 0.5) is 0 Å². The van der Waals surface area contributed by atoms with Crippen molar-refractivity contribution in [3.8, 4) is 11.4 Å². The van der Waals surface area contributed by atoms with Gasteiger partial charge < -0.3 is 15.7 Å². The molecule has 160 valence electrons. The Kier molecular flexibility index (Phi) is 9.86. The van der Waals surface area contributed by atoms with Crippen molar-refractivity contribution in [1.29, 1.82) is 0 Å². The predicted octanol–water partition coefficient (Wildman–Crippen LogP) is 3.48. The Morgan fingerprint density at radius 2 is 2.07 bits per heavy atom. The van der Waals surface area contributed by atoms with E-state index >= 15 is 0 Å². The first kappa shape index (κ1) is 23.6. The summed E-state index contributed by atoms with van der Waals surface area (Å²) in [5, 5.41) is 23.2. The van der Waals surface area contributed by atoms with Gasteiger partial charge >= 0.3 is 0 Å². The van der Waals surface area contributed by atoms with Crippen molar-refractivity contribution in [3.05, 3.63) is 36.2 Å². The van der Waals surface area contributed by atoms with Crippen LogP contribution >= 0.6 is 24.0 Å². The summed E-state index contributed by atoms with van der Waals surface area (Å²) in [5.41, 5.74) is 2.32. The third-order valence-electron chi connectivity index (χ3n) is 5.57. The molecule has 0 bridgehead atoms. The van der Waals surface area contributed by atoms with Crippen molar-refractivity contribution in [3.63, 3.8) is 0 Å². The zero-order valence-corrected chi connectivity index (χ0v) is 19.5. The molecular formula is C21H33IN6O. The maximum Gasteiger partial charge on any atom is 0.191 e. The average Bonchev–Trinajstić information content (AvgIpc) is 3.26. The van der Waals surface area contributed by atoms with Gasteiger partial charge in [-0.1, -0.05) is 37.5 Å². The van der Waals surface area contributed by atoms with Gasteiger partial charge in [0.25, 0.3) is 0 Å². The normalized spacial score (nSPS) is 16.1. The van der Waals surface area contributed by atoms with E-state index in [2.05, 4.69) is 44.9 Å². The molecule has 0 unspecified atom stereocenters. The quantitative estimate of drug-likeness (QED) is 0.247. The third kappa shape index (κ3) is 6.95. The molecule has 1 aliphatic rings. The highest BCUT2D eigenvalue weighted by Gasteiger charge is 2.31.